The Morgan fingerprint density at radius 3 is 2.08 bits per heavy atom. The molecule has 0 bridgehead atoms. The van der Waals surface area contributed by atoms with Gasteiger partial charge in [-0.1, -0.05) is 65.2 Å². The third-order valence-electron chi connectivity index (χ3n) is 23.7. The quantitative estimate of drug-likeness (QED) is 0.0186. The first-order chi connectivity index (χ1) is 57.3. The number of carbonyl (C=O) groups excluding carboxylic acids is 11. The van der Waals surface area contributed by atoms with Crippen LogP contribution in [-0.4, -0.2) is 290 Å². The minimum atomic E-state index is -2.42. The fourth-order valence-electron chi connectivity index (χ4n) is 17.4. The van der Waals surface area contributed by atoms with Crippen LogP contribution in [0.1, 0.15) is 143 Å². The number of aliphatic hydroxyl groups excluding tert-OH is 5. The number of amides is 10. The van der Waals surface area contributed by atoms with Crippen LogP contribution in [0.4, 0.5) is 24.1 Å². The number of primary amides is 1. The summed E-state index contributed by atoms with van der Waals surface area (Å²) in [7, 11) is 0. The first-order valence-electron chi connectivity index (χ1n) is 41.3. The number of hydrogen-bond acceptors (Lipinski definition) is 28. The summed E-state index contributed by atoms with van der Waals surface area (Å²) >= 11 is 0. The molecule has 0 spiro atoms. The minimum absolute atomic E-state index is 0.00435. The Bertz CT molecular complexity index is 3890. The lowest BCUT2D eigenvalue weighted by molar-refractivity contribution is -0.233. The molecule has 1 aromatic rings. The number of aliphatic hydroxyl groups is 5. The Balaban J connectivity index is 0.774. The largest absolute Gasteiger partial charge is 0.445 e. The number of nitrogens with one attached hydrogen (secondary N) is 7. The van der Waals surface area contributed by atoms with Gasteiger partial charge in [-0.3, -0.25) is 53.0 Å². The predicted molar refractivity (Wildman–Crippen MR) is 423 cm³/mol. The van der Waals surface area contributed by atoms with E-state index in [1.807, 2.05) is 6.92 Å². The van der Waals surface area contributed by atoms with Crippen LogP contribution in [0, 0.1) is 28.6 Å². The molecule has 9 rings (SSSR count). The molecule has 666 valence electrons. The zero-order valence-electron chi connectivity index (χ0n) is 68.5. The molecule has 2 unspecified atom stereocenters. The summed E-state index contributed by atoms with van der Waals surface area (Å²) in [5, 5.41) is 75.9. The van der Waals surface area contributed by atoms with Crippen molar-refractivity contribution in [1.82, 2.24) is 36.8 Å². The van der Waals surface area contributed by atoms with E-state index in [4.69, 9.17) is 54.2 Å². The number of aliphatic imine (C=N–C) groups is 1. The summed E-state index contributed by atoms with van der Waals surface area (Å²) in [6, 6.07) is 1.40. The van der Waals surface area contributed by atoms with Crippen LogP contribution >= 0.6 is 0 Å². The number of alkyl carbamates (subject to hydrolysis) is 1. The highest BCUT2D eigenvalue weighted by atomic mass is 19.1. The average molecular weight is 1700 g/mol. The summed E-state index contributed by atoms with van der Waals surface area (Å²) in [5.41, 5.74) is -0.763. The standard InChI is InChI=1S/C81H118F2N12O25/c1-6-13-66-119-61-40-50-51-39-53(82)52-38-49(97)24-26-78(52,4)80(51,83)59(98)41-79(50,5)81(61,120-66)60(99)42-88-77(111)117-44-47-18-20-48(21-19-47)89-72(107)56(16-12-28-87-76(84)110)91-74(109)67(46(2)3)93-73(108)55(90-62(100)25-30-112-32-34-114-36-37-115-35-33-113-31-29-95-64(102)22-23-65(95)103)15-10-11-27-86-63(101)45-116-57-17-9-7-8-14-54(68(57)94-85)92-75-71(106)70(105)69(104)58(43-96)118-75/h18-24,26,38,46,50-51,53,55-59,61,66-67,69-71,75,96,98,104-106H,6-17,25,27-37,39-45,85H2,1-5H3,(H,86,101)(H,88,111)(H,89,107)(H,90,100)(H,91,109)(H,93,108)(H3,84,87,110)/t50-,51-,53-,55+,56-,57?,58+,59-,61+,66?,67-,69-,70-,71+,75+,78-,79-,80-,81+/m0/s1. The predicted octanol–water partition coefficient (Wildman–Crippen LogP) is 0.761. The van der Waals surface area contributed by atoms with Gasteiger partial charge in [0, 0.05) is 54.1 Å². The molecule has 3 heterocycles. The van der Waals surface area contributed by atoms with E-state index in [2.05, 4.69) is 47.3 Å². The Labute approximate surface area is 694 Å². The van der Waals surface area contributed by atoms with Gasteiger partial charge in [0.15, 0.2) is 35.4 Å². The maximum Gasteiger partial charge on any atom is 0.407 e. The number of ether oxygens (including phenoxy) is 9. The summed E-state index contributed by atoms with van der Waals surface area (Å²) in [6.45, 7) is 7.80. The number of benzene rings is 1. The highest BCUT2D eigenvalue weighted by Crippen LogP contribution is 2.72. The number of allylic oxidation sites excluding steroid dienone is 4. The highest BCUT2D eigenvalue weighted by molar-refractivity contribution is 6.44. The molecule has 8 aliphatic rings. The lowest BCUT2D eigenvalue weighted by atomic mass is 9.44. The van der Waals surface area contributed by atoms with E-state index in [-0.39, 0.29) is 160 Å². The second-order valence-electron chi connectivity index (χ2n) is 32.1. The monoisotopic (exact) mass is 1700 g/mol. The number of rotatable bonds is 44. The van der Waals surface area contributed by atoms with Gasteiger partial charge < -0.3 is 117 Å². The van der Waals surface area contributed by atoms with Crippen molar-refractivity contribution in [3.05, 3.63) is 65.8 Å². The molecule has 37 nitrogen and oxygen atoms in total. The third-order valence-corrected chi connectivity index (χ3v) is 23.7. The lowest BCUT2D eigenvalue weighted by Crippen LogP contribution is -2.71. The Morgan fingerprint density at radius 2 is 1.41 bits per heavy atom. The highest BCUT2D eigenvalue weighted by Gasteiger charge is 2.80. The second-order valence-corrected chi connectivity index (χ2v) is 32.1. The second kappa shape index (κ2) is 44.4. The number of ketones is 2. The first-order valence-corrected chi connectivity index (χ1v) is 41.3. The molecule has 5 aliphatic carbocycles. The smallest absolute Gasteiger partial charge is 0.407 e. The van der Waals surface area contributed by atoms with Crippen molar-refractivity contribution >= 4 is 82.2 Å². The van der Waals surface area contributed by atoms with Crippen molar-refractivity contribution < 1.29 is 130 Å². The maximum atomic E-state index is 18.1. The number of hydrogen-bond donors (Lipinski definition) is 14. The number of unbranched alkanes of at least 4 members (excludes halogenated alkanes) is 1. The van der Waals surface area contributed by atoms with Gasteiger partial charge in [-0.25, -0.2) is 18.4 Å². The van der Waals surface area contributed by atoms with Crippen LogP contribution in [0.25, 0.3) is 0 Å². The number of hydrazone groups is 1. The van der Waals surface area contributed by atoms with Crippen molar-refractivity contribution in [2.45, 2.75) is 235 Å². The molecule has 10 amide bonds. The average Bonchev–Trinajstić information content (AvgIpc) is 1.49. The summed E-state index contributed by atoms with van der Waals surface area (Å²) in [4.78, 5) is 151. The van der Waals surface area contributed by atoms with Crippen molar-refractivity contribution in [3.63, 3.8) is 0 Å². The fourth-order valence-corrected chi connectivity index (χ4v) is 17.4. The van der Waals surface area contributed by atoms with Crippen LogP contribution in [0.3, 0.4) is 0 Å². The Morgan fingerprint density at radius 1 is 0.742 bits per heavy atom. The Kier molecular flexibility index (Phi) is 35.2. The van der Waals surface area contributed by atoms with Gasteiger partial charge >= 0.3 is 12.1 Å². The van der Waals surface area contributed by atoms with Gasteiger partial charge in [0.2, 0.25) is 29.5 Å². The number of alkyl halides is 2. The van der Waals surface area contributed by atoms with Gasteiger partial charge in [0.25, 0.3) is 11.8 Å². The molecule has 3 aliphatic heterocycles. The molecule has 4 saturated carbocycles. The van der Waals surface area contributed by atoms with E-state index in [0.29, 0.717) is 44.1 Å². The van der Waals surface area contributed by atoms with Crippen molar-refractivity contribution in [2.24, 2.45) is 50.3 Å². The van der Waals surface area contributed by atoms with E-state index in [1.54, 1.807) is 32.9 Å². The molecule has 0 radical (unpaired) electrons. The van der Waals surface area contributed by atoms with Gasteiger partial charge in [-0.15, -0.1) is 0 Å². The molecular weight excluding hydrogens is 1580 g/mol. The van der Waals surface area contributed by atoms with Gasteiger partial charge in [-0.05, 0) is 131 Å². The van der Waals surface area contributed by atoms with E-state index in [0.717, 1.165) is 17.4 Å². The van der Waals surface area contributed by atoms with Crippen molar-refractivity contribution in [2.75, 3.05) is 97.6 Å². The zero-order valence-corrected chi connectivity index (χ0v) is 68.5. The molecule has 120 heavy (non-hydrogen) atoms. The number of nitrogens with zero attached hydrogens (tertiary/aromatic N) is 3. The number of Topliss-reactive ketones (excluding diaryl/α,β-unsaturated/α-hetero) is 1. The van der Waals surface area contributed by atoms with Crippen LogP contribution in [0.15, 0.2) is 70.3 Å². The van der Waals surface area contributed by atoms with Crippen LogP contribution in [0.5, 0.6) is 0 Å². The van der Waals surface area contributed by atoms with E-state index in [9.17, 15) is 78.3 Å². The minimum Gasteiger partial charge on any atom is -0.445 e. The molecular formula is C81H118F2N12O25. The molecule has 1 aromatic carbocycles. The molecule has 6 fully saturated rings. The topological polar surface area (TPSA) is 536 Å². The normalized spacial score (nSPS) is 30.2. The number of fused-ring (bicyclic) bond motifs is 7. The maximum absolute atomic E-state index is 18.1. The van der Waals surface area contributed by atoms with E-state index >= 15 is 8.78 Å². The van der Waals surface area contributed by atoms with E-state index in [1.165, 1.54) is 43.4 Å². The number of imide groups is 1. The molecule has 19 atom stereocenters. The number of halogens is 2. The van der Waals surface area contributed by atoms with Gasteiger partial charge in [0.05, 0.1) is 90.5 Å². The fraction of sp³-hybridized carbons (Fsp3) is 0.691. The van der Waals surface area contributed by atoms with Crippen LogP contribution in [0.2, 0.25) is 0 Å². The SMILES string of the molecule is CCCC1O[C@@H]2C[C@H]3[C@@H]4C[C@H](F)C5=CC(=O)C=C[C@]5(C)[C@@]4(F)[C@@H](O)C[C@]3(C)[C@]2(C(=O)CNC(=O)OCc2ccc(NC(=O)[C@H](CCCNC(N)=O)NC(=O)[C@@H](NC(=O)[C@@H](CCCCNC(=O)COC3CCCCCC(=N[C@@H]4O[C@H](CO)[C@H](O)[C@H](O)[C@H]4O)C3=NN)NC(=O)CCOCCOCCOCCOCCN3C(=O)C=CC3=O)C(C)C)cc2)O1. The van der Waals surface area contributed by atoms with Gasteiger partial charge in [0.1, 0.15) is 73.7 Å². The zero-order chi connectivity index (χ0) is 87.1. The first kappa shape index (κ1) is 95.1. The number of nitrogens with two attached hydrogens (primary N) is 2. The summed E-state index contributed by atoms with van der Waals surface area (Å²) < 4.78 is 86.6. The molecule has 2 saturated heterocycles. The lowest BCUT2D eigenvalue weighted by Gasteiger charge is -2.63. The third kappa shape index (κ3) is 23.3. The summed E-state index contributed by atoms with van der Waals surface area (Å²) in [6.07, 6.45) is -4.91. The Hall–Kier alpha value is -8.71. The molecule has 16 N–H and O–H groups in total. The van der Waals surface area contributed by atoms with Gasteiger partial charge in [-0.2, -0.15) is 5.10 Å². The number of urea groups is 1. The van der Waals surface area contributed by atoms with Crippen LogP contribution in [-0.2, 0) is 92.4 Å². The van der Waals surface area contributed by atoms with E-state index < -0.39 is 204 Å². The number of carbonyl (C=O) groups is 11. The van der Waals surface area contributed by atoms with Crippen molar-refractivity contribution in [3.8, 4) is 0 Å². The summed E-state index contributed by atoms with van der Waals surface area (Å²) in [5.74, 6) is -1.85. The molecule has 39 heteroatoms. The van der Waals surface area contributed by atoms with Crippen molar-refractivity contribution in [1.29, 1.82) is 0 Å². The van der Waals surface area contributed by atoms with Crippen LogP contribution < -0.4 is 48.8 Å². The number of anilines is 1. The molecule has 0 aromatic heterocycles.